The number of carbonyl (C=O) groups excluding carboxylic acids is 2. The summed E-state index contributed by atoms with van der Waals surface area (Å²) in [6.45, 7) is 4.16. The van der Waals surface area contributed by atoms with Gasteiger partial charge in [-0.1, -0.05) is 54.6 Å². The van der Waals surface area contributed by atoms with Crippen LogP contribution < -0.4 is 14.8 Å². The molecular formula is C30H36N2O4S. The van der Waals surface area contributed by atoms with E-state index >= 15 is 0 Å². The van der Waals surface area contributed by atoms with E-state index in [1.165, 1.54) is 11.8 Å². The molecule has 196 valence electrons. The molecule has 0 fully saturated rings. The summed E-state index contributed by atoms with van der Waals surface area (Å²) in [4.78, 5) is 28.8. The molecule has 2 amide bonds. The second kappa shape index (κ2) is 14.3. The highest BCUT2D eigenvalue weighted by molar-refractivity contribution is 7.99. The monoisotopic (exact) mass is 520 g/mol. The predicted octanol–water partition coefficient (Wildman–Crippen LogP) is 5.10. The van der Waals surface area contributed by atoms with Gasteiger partial charge >= 0.3 is 0 Å². The van der Waals surface area contributed by atoms with Crippen LogP contribution in [-0.2, 0) is 28.3 Å². The van der Waals surface area contributed by atoms with Gasteiger partial charge in [0.25, 0.3) is 0 Å². The molecule has 0 aliphatic rings. The molecule has 0 radical (unpaired) electrons. The Morgan fingerprint density at radius 1 is 0.838 bits per heavy atom. The van der Waals surface area contributed by atoms with Crippen LogP contribution in [0.3, 0.4) is 0 Å². The van der Waals surface area contributed by atoms with E-state index in [1.54, 1.807) is 19.1 Å². The van der Waals surface area contributed by atoms with E-state index < -0.39 is 6.04 Å². The number of carbonyl (C=O) groups is 2. The fourth-order valence-corrected chi connectivity index (χ4v) is 4.83. The smallest absolute Gasteiger partial charge is 0.243 e. The molecule has 0 aliphatic carbocycles. The number of benzene rings is 3. The number of nitrogens with one attached hydrogen (secondary N) is 1. The van der Waals surface area contributed by atoms with Crippen molar-refractivity contribution in [1.82, 2.24) is 10.2 Å². The number of rotatable bonds is 13. The lowest BCUT2D eigenvalue weighted by molar-refractivity contribution is -0.139. The van der Waals surface area contributed by atoms with E-state index in [4.69, 9.17) is 9.47 Å². The topological polar surface area (TPSA) is 67.9 Å². The Balaban J connectivity index is 1.84. The standard InChI is InChI=1S/C30H36N2O4S/c1-22(2)31-30(34)28(18-23-9-6-5-7-10-23)32(19-25-11-8-12-27(17-25)36-4)29(33)21-37-20-24-13-15-26(35-3)16-14-24/h5-17,22,28H,18-21H2,1-4H3,(H,31,34)/t28-/m0/s1. The van der Waals surface area contributed by atoms with Crippen LogP contribution in [0, 0.1) is 0 Å². The summed E-state index contributed by atoms with van der Waals surface area (Å²) in [5, 5.41) is 3.02. The molecule has 1 atom stereocenters. The fourth-order valence-electron chi connectivity index (χ4n) is 3.96. The summed E-state index contributed by atoms with van der Waals surface area (Å²) in [6.07, 6.45) is 0.429. The molecule has 0 saturated carbocycles. The first-order chi connectivity index (χ1) is 17.9. The highest BCUT2D eigenvalue weighted by Gasteiger charge is 2.30. The molecular weight excluding hydrogens is 484 g/mol. The summed E-state index contributed by atoms with van der Waals surface area (Å²) in [5.41, 5.74) is 3.01. The van der Waals surface area contributed by atoms with Gasteiger partial charge in [0, 0.05) is 24.8 Å². The summed E-state index contributed by atoms with van der Waals surface area (Å²) < 4.78 is 10.6. The van der Waals surface area contributed by atoms with Gasteiger partial charge in [-0.2, -0.15) is 0 Å². The van der Waals surface area contributed by atoms with E-state index in [9.17, 15) is 9.59 Å². The highest BCUT2D eigenvalue weighted by Crippen LogP contribution is 2.21. The van der Waals surface area contributed by atoms with E-state index in [2.05, 4.69) is 5.32 Å². The quantitative estimate of drug-likeness (QED) is 0.340. The van der Waals surface area contributed by atoms with E-state index in [1.807, 2.05) is 92.7 Å². The van der Waals surface area contributed by atoms with Crippen LogP contribution in [0.1, 0.15) is 30.5 Å². The zero-order valence-corrected chi connectivity index (χ0v) is 22.8. The van der Waals surface area contributed by atoms with Crippen molar-refractivity contribution in [1.29, 1.82) is 0 Å². The van der Waals surface area contributed by atoms with E-state index in [0.717, 1.165) is 22.4 Å². The lowest BCUT2D eigenvalue weighted by Gasteiger charge is -2.32. The lowest BCUT2D eigenvalue weighted by Crippen LogP contribution is -2.52. The Kier molecular flexibility index (Phi) is 10.9. The fraction of sp³-hybridized carbons (Fsp3) is 0.333. The number of nitrogens with zero attached hydrogens (tertiary/aromatic N) is 1. The van der Waals surface area contributed by atoms with Gasteiger partial charge in [-0.05, 0) is 54.8 Å². The van der Waals surface area contributed by atoms with Gasteiger partial charge in [0.05, 0.1) is 20.0 Å². The maximum atomic E-state index is 13.7. The molecule has 3 aromatic carbocycles. The van der Waals surface area contributed by atoms with Gasteiger partial charge in [0.1, 0.15) is 17.5 Å². The second-order valence-electron chi connectivity index (χ2n) is 9.08. The lowest BCUT2D eigenvalue weighted by atomic mass is 10.0. The SMILES string of the molecule is COc1ccc(CSCC(=O)N(Cc2cccc(OC)c2)[C@@H](Cc2ccccc2)C(=O)NC(C)C)cc1. The van der Waals surface area contributed by atoms with Crippen molar-refractivity contribution in [2.75, 3.05) is 20.0 Å². The van der Waals surface area contributed by atoms with Crippen LogP contribution >= 0.6 is 11.8 Å². The van der Waals surface area contributed by atoms with E-state index in [-0.39, 0.29) is 23.6 Å². The van der Waals surface area contributed by atoms with Crippen LogP contribution in [0.4, 0.5) is 0 Å². The molecule has 3 rings (SSSR count). The molecule has 0 heterocycles. The minimum Gasteiger partial charge on any atom is -0.497 e. The number of amides is 2. The third-order valence-corrected chi connectivity index (χ3v) is 6.83. The zero-order valence-electron chi connectivity index (χ0n) is 22.0. The first-order valence-electron chi connectivity index (χ1n) is 12.4. The largest absolute Gasteiger partial charge is 0.497 e. The summed E-state index contributed by atoms with van der Waals surface area (Å²) in [6, 6.07) is 24.6. The Morgan fingerprint density at radius 3 is 2.16 bits per heavy atom. The van der Waals surface area contributed by atoms with Crippen LogP contribution in [-0.4, -0.2) is 48.8 Å². The molecule has 0 aliphatic heterocycles. The van der Waals surface area contributed by atoms with Gasteiger partial charge in [0.2, 0.25) is 11.8 Å². The minimum absolute atomic E-state index is 0.0380. The van der Waals surface area contributed by atoms with Gasteiger partial charge in [-0.3, -0.25) is 9.59 Å². The Morgan fingerprint density at radius 2 is 1.51 bits per heavy atom. The summed E-state index contributed by atoms with van der Waals surface area (Å²) in [7, 11) is 3.26. The van der Waals surface area contributed by atoms with Crippen LogP contribution in [0.15, 0.2) is 78.9 Å². The molecule has 0 spiro atoms. The average molecular weight is 521 g/mol. The van der Waals surface area contributed by atoms with Crippen molar-refractivity contribution in [2.24, 2.45) is 0 Å². The molecule has 0 aromatic heterocycles. The number of hydrogen-bond donors (Lipinski definition) is 1. The average Bonchev–Trinajstić information content (AvgIpc) is 2.91. The zero-order chi connectivity index (χ0) is 26.6. The molecule has 0 bridgehead atoms. The van der Waals surface area contributed by atoms with Crippen LogP contribution in [0.25, 0.3) is 0 Å². The number of hydrogen-bond acceptors (Lipinski definition) is 5. The van der Waals surface area contributed by atoms with Crippen molar-refractivity contribution in [3.05, 3.63) is 95.6 Å². The molecule has 37 heavy (non-hydrogen) atoms. The normalized spacial score (nSPS) is 11.6. The first-order valence-corrected chi connectivity index (χ1v) is 13.5. The van der Waals surface area contributed by atoms with Crippen molar-refractivity contribution in [3.8, 4) is 11.5 Å². The predicted molar refractivity (Wildman–Crippen MR) is 150 cm³/mol. The molecule has 7 heteroatoms. The van der Waals surface area contributed by atoms with Gasteiger partial charge in [0.15, 0.2) is 0 Å². The Labute approximate surface area is 224 Å². The first kappa shape index (κ1) is 28.1. The highest BCUT2D eigenvalue weighted by atomic mass is 32.2. The molecule has 0 unspecified atom stereocenters. The number of ether oxygens (including phenoxy) is 2. The Bertz CT molecular complexity index is 1140. The molecule has 6 nitrogen and oxygen atoms in total. The van der Waals surface area contributed by atoms with Gasteiger partial charge in [-0.25, -0.2) is 0 Å². The minimum atomic E-state index is -0.648. The Hall–Kier alpha value is -3.45. The summed E-state index contributed by atoms with van der Waals surface area (Å²) >= 11 is 1.54. The van der Waals surface area contributed by atoms with Gasteiger partial charge in [-0.15, -0.1) is 11.8 Å². The third-order valence-electron chi connectivity index (χ3n) is 5.84. The molecule has 0 saturated heterocycles. The van der Waals surface area contributed by atoms with Gasteiger partial charge < -0.3 is 19.7 Å². The van der Waals surface area contributed by atoms with Crippen LogP contribution in [0.2, 0.25) is 0 Å². The maximum Gasteiger partial charge on any atom is 0.243 e. The van der Waals surface area contributed by atoms with Crippen LogP contribution in [0.5, 0.6) is 11.5 Å². The van der Waals surface area contributed by atoms with Crippen molar-refractivity contribution < 1.29 is 19.1 Å². The number of thioether (sulfide) groups is 1. The maximum absolute atomic E-state index is 13.7. The molecule has 1 N–H and O–H groups in total. The van der Waals surface area contributed by atoms with E-state index in [0.29, 0.717) is 24.5 Å². The summed E-state index contributed by atoms with van der Waals surface area (Å²) in [5.74, 6) is 2.22. The van der Waals surface area contributed by atoms with Crippen molar-refractivity contribution in [2.45, 2.75) is 44.6 Å². The van der Waals surface area contributed by atoms with Crippen molar-refractivity contribution >= 4 is 23.6 Å². The second-order valence-corrected chi connectivity index (χ2v) is 10.1. The number of methoxy groups -OCH3 is 2. The molecule has 3 aromatic rings. The third kappa shape index (κ3) is 8.86. The van der Waals surface area contributed by atoms with Crippen molar-refractivity contribution in [3.63, 3.8) is 0 Å².